The summed E-state index contributed by atoms with van der Waals surface area (Å²) in [6.45, 7) is 0. The monoisotopic (exact) mass is 683 g/mol. The highest BCUT2D eigenvalue weighted by Crippen LogP contribution is 2.45. The number of benzene rings is 7. The summed E-state index contributed by atoms with van der Waals surface area (Å²) in [5.74, 6) is 0. The van der Waals surface area contributed by atoms with E-state index in [9.17, 15) is 0 Å². The quantitative estimate of drug-likeness (QED) is 0.188. The molecular weight excluding hydrogens is 655 g/mol. The van der Waals surface area contributed by atoms with Crippen LogP contribution in [0.5, 0.6) is 0 Å². The van der Waals surface area contributed by atoms with Gasteiger partial charge in [-0.1, -0.05) is 133 Å². The normalized spacial score (nSPS) is 14.7. The minimum absolute atomic E-state index is 0.253. The fourth-order valence-electron chi connectivity index (χ4n) is 7.84. The Morgan fingerprint density at radius 1 is 0.538 bits per heavy atom. The highest BCUT2D eigenvalue weighted by atomic mass is 32.1. The summed E-state index contributed by atoms with van der Waals surface area (Å²) in [5.41, 5.74) is 10.1. The van der Waals surface area contributed by atoms with E-state index >= 15 is 0 Å². The molecule has 52 heavy (non-hydrogen) atoms. The molecule has 0 radical (unpaired) electrons. The lowest BCUT2D eigenvalue weighted by molar-refractivity contribution is 0.661. The maximum Gasteiger partial charge on any atom is 0.145 e. The molecule has 0 saturated heterocycles. The number of allylic oxidation sites excluding steroid dienone is 1. The third-order valence-corrected chi connectivity index (χ3v) is 11.6. The molecule has 244 valence electrons. The molecule has 4 nitrogen and oxygen atoms in total. The van der Waals surface area contributed by atoms with Crippen LogP contribution in [0, 0.1) is 0 Å². The zero-order valence-electron chi connectivity index (χ0n) is 27.9. The van der Waals surface area contributed by atoms with E-state index in [0.29, 0.717) is 0 Å². The Labute approximate surface area is 303 Å². The average molecular weight is 684 g/mol. The zero-order chi connectivity index (χ0) is 34.2. The molecule has 1 atom stereocenters. The summed E-state index contributed by atoms with van der Waals surface area (Å²) >= 11 is 1.86. The van der Waals surface area contributed by atoms with Crippen LogP contribution in [-0.4, -0.2) is 10.7 Å². The number of hydrogen-bond acceptors (Lipinski definition) is 5. The van der Waals surface area contributed by atoms with E-state index in [1.807, 2.05) is 29.5 Å². The Hall–Kier alpha value is -6.56. The first-order valence-electron chi connectivity index (χ1n) is 17.5. The molecule has 1 aliphatic heterocycles. The predicted octanol–water partition coefficient (Wildman–Crippen LogP) is 12.5. The average Bonchev–Trinajstić information content (AvgIpc) is 3.79. The van der Waals surface area contributed by atoms with Crippen LogP contribution >= 0.6 is 11.3 Å². The summed E-state index contributed by atoms with van der Waals surface area (Å²) in [4.78, 5) is 10.6. The second-order valence-electron chi connectivity index (χ2n) is 13.3. The second-order valence-corrected chi connectivity index (χ2v) is 14.4. The molecule has 1 unspecified atom stereocenters. The number of para-hydroxylation sites is 2. The van der Waals surface area contributed by atoms with Crippen LogP contribution < -0.4 is 5.32 Å². The van der Waals surface area contributed by atoms with Crippen LogP contribution in [0.25, 0.3) is 80.7 Å². The Kier molecular flexibility index (Phi) is 6.45. The first-order chi connectivity index (χ1) is 25.8. The van der Waals surface area contributed by atoms with Crippen molar-refractivity contribution < 1.29 is 4.42 Å². The van der Waals surface area contributed by atoms with Crippen LogP contribution in [0.2, 0.25) is 0 Å². The highest BCUT2D eigenvalue weighted by molar-refractivity contribution is 7.27. The number of furan rings is 1. The maximum absolute atomic E-state index is 6.31. The lowest BCUT2D eigenvalue weighted by Gasteiger charge is -2.25. The topological polar surface area (TPSA) is 50.4 Å². The van der Waals surface area contributed by atoms with Gasteiger partial charge in [-0.3, -0.25) is 4.99 Å². The third kappa shape index (κ3) is 4.53. The van der Waals surface area contributed by atoms with E-state index in [1.165, 1.54) is 30.9 Å². The van der Waals surface area contributed by atoms with Gasteiger partial charge in [0.15, 0.2) is 0 Å². The van der Waals surface area contributed by atoms with Gasteiger partial charge >= 0.3 is 0 Å². The van der Waals surface area contributed by atoms with Crippen molar-refractivity contribution in [2.45, 2.75) is 6.17 Å². The predicted molar refractivity (Wildman–Crippen MR) is 218 cm³/mol. The summed E-state index contributed by atoms with van der Waals surface area (Å²) in [6.07, 6.45) is 1.95. The number of aromatic nitrogens is 1. The van der Waals surface area contributed by atoms with Crippen LogP contribution in [0.3, 0.4) is 0 Å². The summed E-state index contributed by atoms with van der Waals surface area (Å²) < 4.78 is 8.81. The Morgan fingerprint density at radius 3 is 2.12 bits per heavy atom. The number of nitrogens with zero attached hydrogens (tertiary/aromatic N) is 2. The van der Waals surface area contributed by atoms with E-state index in [1.54, 1.807) is 0 Å². The Morgan fingerprint density at radius 2 is 1.23 bits per heavy atom. The first kappa shape index (κ1) is 29.2. The highest BCUT2D eigenvalue weighted by Gasteiger charge is 2.23. The van der Waals surface area contributed by atoms with Gasteiger partial charge in [-0.2, -0.15) is 0 Å². The van der Waals surface area contributed by atoms with Crippen molar-refractivity contribution in [2.75, 3.05) is 0 Å². The van der Waals surface area contributed by atoms with Crippen molar-refractivity contribution in [2.24, 2.45) is 4.99 Å². The van der Waals surface area contributed by atoms with Gasteiger partial charge in [-0.25, -0.2) is 4.98 Å². The van der Waals surface area contributed by atoms with Gasteiger partial charge in [0.05, 0.1) is 16.9 Å². The fourth-order valence-corrected chi connectivity index (χ4v) is 9.23. The number of aliphatic imine (C=N–C) groups is 1. The lowest BCUT2D eigenvalue weighted by Crippen LogP contribution is -2.24. The van der Waals surface area contributed by atoms with Gasteiger partial charge in [-0.15, -0.1) is 11.3 Å². The van der Waals surface area contributed by atoms with Gasteiger partial charge in [-0.05, 0) is 35.9 Å². The molecular formula is C47H29N3OS. The number of nitrogens with one attached hydrogen (secondary N) is 1. The summed E-state index contributed by atoms with van der Waals surface area (Å²) in [5, 5.41) is 12.1. The number of rotatable bonds is 4. The van der Waals surface area contributed by atoms with Crippen LogP contribution in [0.15, 0.2) is 173 Å². The van der Waals surface area contributed by atoms with E-state index in [0.717, 1.165) is 72.2 Å². The van der Waals surface area contributed by atoms with E-state index in [2.05, 4.69) is 151 Å². The van der Waals surface area contributed by atoms with Crippen molar-refractivity contribution in [3.63, 3.8) is 0 Å². The van der Waals surface area contributed by atoms with Gasteiger partial charge < -0.3 is 9.73 Å². The molecule has 3 aromatic heterocycles. The second kappa shape index (κ2) is 11.5. The van der Waals surface area contributed by atoms with E-state index in [4.69, 9.17) is 14.4 Å². The molecule has 0 spiro atoms. The summed E-state index contributed by atoms with van der Waals surface area (Å²) in [6, 6.07) is 55.4. The molecule has 10 aromatic rings. The molecule has 0 amide bonds. The fraction of sp³-hybridized carbons (Fsp3) is 0.0213. The number of thiophene rings is 1. The molecule has 0 aliphatic carbocycles. The van der Waals surface area contributed by atoms with E-state index < -0.39 is 0 Å². The molecule has 1 aliphatic rings. The Balaban J connectivity index is 1.14. The summed E-state index contributed by atoms with van der Waals surface area (Å²) in [7, 11) is 0. The number of pyridine rings is 1. The number of hydrogen-bond donors (Lipinski definition) is 1. The standard InChI is InChI=1S/C47H29N3OS/c1-3-12-28(13-4-1)44-37-25-24-34-33-18-11-19-36(45(33)52-46(34)43(37)35-17-7-9-20-38(35)48-44)40-27-39(49-47(50-40)29-14-5-2-6-15-29)30-22-23-32-31-16-8-10-21-41(31)51-42(32)26-30/h1-27,47,49H. The van der Waals surface area contributed by atoms with Crippen LogP contribution in [0.4, 0.5) is 0 Å². The molecule has 7 aromatic carbocycles. The molecule has 1 N–H and O–H groups in total. The van der Waals surface area contributed by atoms with Crippen molar-refractivity contribution in [3.8, 4) is 11.3 Å². The van der Waals surface area contributed by atoms with Gasteiger partial charge in [0.25, 0.3) is 0 Å². The minimum Gasteiger partial charge on any atom is -0.456 e. The Bertz CT molecular complexity index is 3100. The largest absolute Gasteiger partial charge is 0.456 e. The number of fused-ring (bicyclic) bond motifs is 10. The molecule has 4 heterocycles. The van der Waals surface area contributed by atoms with Gasteiger partial charge in [0, 0.05) is 69.5 Å². The minimum atomic E-state index is -0.253. The van der Waals surface area contributed by atoms with Crippen molar-refractivity contribution >= 4 is 86.5 Å². The molecule has 0 fully saturated rings. The smallest absolute Gasteiger partial charge is 0.145 e. The SMILES string of the molecule is C1=C(c2ccc3c(c2)oc2ccccc23)NC(c2ccccc2)N=C1c1cccc2c1sc1c2ccc2c(-c3ccccc3)nc3ccccc3c21. The molecule has 0 bridgehead atoms. The van der Waals surface area contributed by atoms with Gasteiger partial charge in [0.2, 0.25) is 0 Å². The van der Waals surface area contributed by atoms with Crippen LogP contribution in [-0.2, 0) is 0 Å². The molecule has 5 heteroatoms. The molecule has 0 saturated carbocycles. The molecule has 11 rings (SSSR count). The van der Waals surface area contributed by atoms with Gasteiger partial charge in [0.1, 0.15) is 17.3 Å². The van der Waals surface area contributed by atoms with Crippen molar-refractivity contribution in [1.82, 2.24) is 10.3 Å². The zero-order valence-corrected chi connectivity index (χ0v) is 28.7. The van der Waals surface area contributed by atoms with E-state index in [-0.39, 0.29) is 6.17 Å². The van der Waals surface area contributed by atoms with Crippen molar-refractivity contribution in [1.29, 1.82) is 0 Å². The van der Waals surface area contributed by atoms with Crippen LogP contribution in [0.1, 0.15) is 22.9 Å². The lowest BCUT2D eigenvalue weighted by atomic mass is 9.97. The van der Waals surface area contributed by atoms with Crippen molar-refractivity contribution in [3.05, 3.63) is 180 Å². The first-order valence-corrected chi connectivity index (χ1v) is 18.3. The maximum atomic E-state index is 6.31. The third-order valence-electron chi connectivity index (χ3n) is 10.3.